The third-order valence-electron chi connectivity index (χ3n) is 2.67. The van der Waals surface area contributed by atoms with Gasteiger partial charge in [-0.25, -0.2) is 4.39 Å². The first-order valence-corrected chi connectivity index (χ1v) is 6.33. The van der Waals surface area contributed by atoms with Gasteiger partial charge in [-0.1, -0.05) is 0 Å². The summed E-state index contributed by atoms with van der Waals surface area (Å²) >= 11 is 0. The number of nitrogens with one attached hydrogen (secondary N) is 2. The molecule has 112 valence electrons. The summed E-state index contributed by atoms with van der Waals surface area (Å²) in [5.74, 6) is -0.657. The fraction of sp³-hybridized carbons (Fsp3) is 0.429. The molecule has 0 radical (unpaired) electrons. The quantitative estimate of drug-likeness (QED) is 0.570. The number of halogens is 2. The fourth-order valence-electron chi connectivity index (χ4n) is 1.59. The molecule has 0 aliphatic rings. The molecule has 0 spiro atoms. The summed E-state index contributed by atoms with van der Waals surface area (Å²) in [4.78, 5) is 23.2. The van der Waals surface area contributed by atoms with Crippen molar-refractivity contribution in [3.63, 3.8) is 0 Å². The molecule has 6 heteroatoms. The highest BCUT2D eigenvalue weighted by atomic mass is 35.5. The minimum absolute atomic E-state index is 0. The van der Waals surface area contributed by atoms with E-state index in [9.17, 15) is 14.0 Å². The van der Waals surface area contributed by atoms with Crippen LogP contribution in [-0.2, 0) is 4.79 Å². The van der Waals surface area contributed by atoms with Crippen molar-refractivity contribution < 1.29 is 14.0 Å². The predicted molar refractivity (Wildman–Crippen MR) is 78.8 cm³/mol. The van der Waals surface area contributed by atoms with Crippen LogP contribution in [0, 0.1) is 5.82 Å². The summed E-state index contributed by atoms with van der Waals surface area (Å²) in [6.07, 6.45) is 1.16. The van der Waals surface area contributed by atoms with Gasteiger partial charge < -0.3 is 10.6 Å². The molecule has 0 unspecified atom stereocenters. The van der Waals surface area contributed by atoms with Crippen LogP contribution in [0.1, 0.15) is 29.6 Å². The van der Waals surface area contributed by atoms with E-state index in [0.29, 0.717) is 12.1 Å². The van der Waals surface area contributed by atoms with Gasteiger partial charge in [0.05, 0.1) is 0 Å². The molecular weight excluding hydrogens is 283 g/mol. The summed E-state index contributed by atoms with van der Waals surface area (Å²) in [6.45, 7) is 1.44. The van der Waals surface area contributed by atoms with Crippen molar-refractivity contribution in [1.82, 2.24) is 10.6 Å². The Labute approximate surface area is 124 Å². The van der Waals surface area contributed by atoms with Crippen molar-refractivity contribution in [3.8, 4) is 0 Å². The minimum atomic E-state index is -0.376. The zero-order chi connectivity index (χ0) is 14.1. The number of carbonyl (C=O) groups is 2. The van der Waals surface area contributed by atoms with Crippen molar-refractivity contribution in [2.45, 2.75) is 19.3 Å². The molecular formula is C14H20ClFN2O2. The zero-order valence-electron chi connectivity index (χ0n) is 11.4. The molecule has 1 aromatic carbocycles. The molecule has 0 aliphatic heterocycles. The smallest absolute Gasteiger partial charge is 0.220 e. The van der Waals surface area contributed by atoms with Crippen molar-refractivity contribution in [2.24, 2.45) is 0 Å². The van der Waals surface area contributed by atoms with Gasteiger partial charge in [0.1, 0.15) is 5.82 Å². The van der Waals surface area contributed by atoms with Gasteiger partial charge in [0.2, 0.25) is 5.91 Å². The molecule has 4 nitrogen and oxygen atoms in total. The van der Waals surface area contributed by atoms with Gasteiger partial charge in [0.15, 0.2) is 5.78 Å². The van der Waals surface area contributed by atoms with Gasteiger partial charge in [0, 0.05) is 24.9 Å². The first-order chi connectivity index (χ1) is 9.13. The molecule has 0 fully saturated rings. The first-order valence-electron chi connectivity index (χ1n) is 6.33. The van der Waals surface area contributed by atoms with E-state index in [4.69, 9.17) is 0 Å². The van der Waals surface area contributed by atoms with Crippen LogP contribution < -0.4 is 10.6 Å². The SMILES string of the molecule is CNCCCNC(=O)CCC(=O)c1ccc(F)cc1.Cl. The molecule has 0 atom stereocenters. The summed E-state index contributed by atoms with van der Waals surface area (Å²) in [5.41, 5.74) is 0.435. The third-order valence-corrected chi connectivity index (χ3v) is 2.67. The van der Waals surface area contributed by atoms with Crippen LogP contribution in [0.25, 0.3) is 0 Å². The van der Waals surface area contributed by atoms with Gasteiger partial charge in [-0.3, -0.25) is 9.59 Å². The molecule has 2 N–H and O–H groups in total. The molecule has 0 aliphatic carbocycles. The first kappa shape index (κ1) is 18.5. The van der Waals surface area contributed by atoms with Crippen LogP contribution in [0.15, 0.2) is 24.3 Å². The highest BCUT2D eigenvalue weighted by Crippen LogP contribution is 2.07. The predicted octanol–water partition coefficient (Wildman–Crippen LogP) is 1.94. The minimum Gasteiger partial charge on any atom is -0.356 e. The molecule has 20 heavy (non-hydrogen) atoms. The second kappa shape index (κ2) is 10.3. The standard InChI is InChI=1S/C14H19FN2O2.ClH/c1-16-9-2-10-17-14(19)8-7-13(18)11-3-5-12(15)6-4-11;/h3-6,16H,2,7-10H2,1H3,(H,17,19);1H. The topological polar surface area (TPSA) is 58.2 Å². The van der Waals surface area contributed by atoms with Crippen LogP contribution in [-0.4, -0.2) is 31.8 Å². The lowest BCUT2D eigenvalue weighted by molar-refractivity contribution is -0.121. The van der Waals surface area contributed by atoms with E-state index in [2.05, 4.69) is 10.6 Å². The fourth-order valence-corrected chi connectivity index (χ4v) is 1.59. The Bertz CT molecular complexity index is 424. The summed E-state index contributed by atoms with van der Waals surface area (Å²) < 4.78 is 12.7. The summed E-state index contributed by atoms with van der Waals surface area (Å²) in [6, 6.07) is 5.35. The largest absolute Gasteiger partial charge is 0.356 e. The lowest BCUT2D eigenvalue weighted by Gasteiger charge is -2.04. The van der Waals surface area contributed by atoms with E-state index in [1.807, 2.05) is 7.05 Å². The van der Waals surface area contributed by atoms with Crippen LogP contribution in [0.2, 0.25) is 0 Å². The molecule has 1 amide bonds. The molecule has 0 aromatic heterocycles. The Morgan fingerprint density at radius 3 is 2.35 bits per heavy atom. The van der Waals surface area contributed by atoms with E-state index in [0.717, 1.165) is 13.0 Å². The van der Waals surface area contributed by atoms with Crippen molar-refractivity contribution in [3.05, 3.63) is 35.6 Å². The Hall–Kier alpha value is -1.46. The van der Waals surface area contributed by atoms with Crippen molar-refractivity contribution in [1.29, 1.82) is 0 Å². The van der Waals surface area contributed by atoms with Gasteiger partial charge in [-0.05, 0) is 44.3 Å². The van der Waals surface area contributed by atoms with E-state index in [1.165, 1.54) is 24.3 Å². The maximum absolute atomic E-state index is 12.7. The molecule has 0 saturated heterocycles. The van der Waals surface area contributed by atoms with Crippen LogP contribution >= 0.6 is 12.4 Å². The third kappa shape index (κ3) is 7.21. The molecule has 0 saturated carbocycles. The van der Waals surface area contributed by atoms with Crippen molar-refractivity contribution in [2.75, 3.05) is 20.1 Å². The van der Waals surface area contributed by atoms with Gasteiger partial charge >= 0.3 is 0 Å². The Kier molecular flexibility index (Phi) is 9.59. The van der Waals surface area contributed by atoms with Gasteiger partial charge in [0.25, 0.3) is 0 Å². The number of carbonyl (C=O) groups excluding carboxylic acids is 2. The monoisotopic (exact) mass is 302 g/mol. The lowest BCUT2D eigenvalue weighted by Crippen LogP contribution is -2.26. The lowest BCUT2D eigenvalue weighted by atomic mass is 10.1. The second-order valence-electron chi connectivity index (χ2n) is 4.24. The second-order valence-corrected chi connectivity index (χ2v) is 4.24. The summed E-state index contributed by atoms with van der Waals surface area (Å²) in [5, 5.41) is 5.72. The maximum atomic E-state index is 12.7. The van der Waals surface area contributed by atoms with Gasteiger partial charge in [-0.2, -0.15) is 0 Å². The average molecular weight is 303 g/mol. The Balaban J connectivity index is 0.00000361. The normalized spacial score (nSPS) is 9.70. The van der Waals surface area contributed by atoms with E-state index >= 15 is 0 Å². The zero-order valence-corrected chi connectivity index (χ0v) is 12.3. The van der Waals surface area contributed by atoms with E-state index < -0.39 is 0 Å². The van der Waals surface area contributed by atoms with Crippen molar-refractivity contribution >= 4 is 24.1 Å². The van der Waals surface area contributed by atoms with E-state index in [-0.39, 0.29) is 42.8 Å². The number of hydrogen-bond acceptors (Lipinski definition) is 3. The number of hydrogen-bond donors (Lipinski definition) is 2. The highest BCUT2D eigenvalue weighted by Gasteiger charge is 2.09. The highest BCUT2D eigenvalue weighted by molar-refractivity contribution is 5.97. The number of amides is 1. The molecule has 0 heterocycles. The number of ketones is 1. The van der Waals surface area contributed by atoms with Gasteiger partial charge in [-0.15, -0.1) is 12.4 Å². The van der Waals surface area contributed by atoms with E-state index in [1.54, 1.807) is 0 Å². The average Bonchev–Trinajstić information content (AvgIpc) is 2.42. The summed E-state index contributed by atoms with van der Waals surface area (Å²) in [7, 11) is 1.85. The van der Waals surface area contributed by atoms with Crippen LogP contribution in [0.5, 0.6) is 0 Å². The molecule has 0 bridgehead atoms. The molecule has 1 rings (SSSR count). The number of benzene rings is 1. The molecule has 1 aromatic rings. The van der Waals surface area contributed by atoms with Crippen LogP contribution in [0.3, 0.4) is 0 Å². The number of rotatable bonds is 8. The Morgan fingerprint density at radius 2 is 1.75 bits per heavy atom. The van der Waals surface area contributed by atoms with Crippen LogP contribution in [0.4, 0.5) is 4.39 Å². The maximum Gasteiger partial charge on any atom is 0.220 e. The Morgan fingerprint density at radius 1 is 1.10 bits per heavy atom. The number of Topliss-reactive ketones (excluding diaryl/α,β-unsaturated/α-hetero) is 1.